The third-order valence-electron chi connectivity index (χ3n) is 5.02. The number of rotatable bonds is 5. The summed E-state index contributed by atoms with van der Waals surface area (Å²) in [5.41, 5.74) is 2.83. The molecule has 2 aromatic carbocycles. The van der Waals surface area contributed by atoms with Gasteiger partial charge >= 0.3 is 0 Å². The maximum Gasteiger partial charge on any atom is 0.229 e. The van der Waals surface area contributed by atoms with Gasteiger partial charge in [0.2, 0.25) is 5.95 Å². The van der Waals surface area contributed by atoms with Gasteiger partial charge in [-0.25, -0.2) is 9.37 Å². The lowest BCUT2D eigenvalue weighted by Crippen LogP contribution is -2.32. The number of piperidine rings is 1. The van der Waals surface area contributed by atoms with Crippen molar-refractivity contribution in [3.8, 4) is 0 Å². The van der Waals surface area contributed by atoms with E-state index in [4.69, 9.17) is 0 Å². The summed E-state index contributed by atoms with van der Waals surface area (Å²) in [7, 11) is 0. The van der Waals surface area contributed by atoms with Crippen molar-refractivity contribution in [2.45, 2.75) is 19.8 Å². The van der Waals surface area contributed by atoms with Gasteiger partial charge in [0.1, 0.15) is 11.6 Å². The highest BCUT2D eigenvalue weighted by Gasteiger charge is 2.15. The van der Waals surface area contributed by atoms with Gasteiger partial charge in [-0.3, -0.25) is 0 Å². The van der Waals surface area contributed by atoms with Gasteiger partial charge in [0.15, 0.2) is 0 Å². The Balaban J connectivity index is 1.41. The first kappa shape index (κ1) is 18.2. The highest BCUT2D eigenvalue weighted by atomic mass is 19.1. The van der Waals surface area contributed by atoms with Gasteiger partial charge in [-0.2, -0.15) is 4.98 Å². The van der Waals surface area contributed by atoms with Crippen molar-refractivity contribution in [1.82, 2.24) is 9.97 Å². The first-order valence-corrected chi connectivity index (χ1v) is 9.63. The Hall–Kier alpha value is -3.15. The van der Waals surface area contributed by atoms with Gasteiger partial charge in [0.25, 0.3) is 0 Å². The van der Waals surface area contributed by atoms with Crippen LogP contribution in [0.3, 0.4) is 0 Å². The van der Waals surface area contributed by atoms with Crippen molar-refractivity contribution in [2.75, 3.05) is 28.6 Å². The number of nitrogens with zero attached hydrogens (tertiary/aromatic N) is 3. The van der Waals surface area contributed by atoms with Crippen LogP contribution in [0.15, 0.2) is 60.8 Å². The molecule has 0 unspecified atom stereocenters. The van der Waals surface area contributed by atoms with Crippen LogP contribution in [-0.2, 0) is 0 Å². The second kappa shape index (κ2) is 8.25. The maximum atomic E-state index is 13.3. The molecule has 28 heavy (non-hydrogen) atoms. The molecule has 144 valence electrons. The van der Waals surface area contributed by atoms with E-state index in [-0.39, 0.29) is 5.82 Å². The van der Waals surface area contributed by atoms with E-state index < -0.39 is 0 Å². The highest BCUT2D eigenvalue weighted by Crippen LogP contribution is 2.25. The fourth-order valence-corrected chi connectivity index (χ4v) is 3.35. The van der Waals surface area contributed by atoms with Crippen molar-refractivity contribution in [3.63, 3.8) is 0 Å². The standard InChI is InChI=1S/C22H24FN5/c1-16-10-13-28(14-11-16)20-7-5-18(6-8-20)25-21-9-12-24-22(27-21)26-19-4-2-3-17(23)15-19/h2-9,12,15-16H,10-11,13-14H2,1H3,(H2,24,25,26,27). The zero-order chi connectivity index (χ0) is 19.3. The second-order valence-electron chi connectivity index (χ2n) is 7.24. The highest BCUT2D eigenvalue weighted by molar-refractivity contribution is 5.62. The molecular weight excluding hydrogens is 353 g/mol. The van der Waals surface area contributed by atoms with E-state index in [1.54, 1.807) is 24.4 Å². The number of aromatic nitrogens is 2. The quantitative estimate of drug-likeness (QED) is 0.629. The lowest BCUT2D eigenvalue weighted by molar-refractivity contribution is 0.438. The van der Waals surface area contributed by atoms with E-state index in [1.165, 1.54) is 30.7 Å². The second-order valence-corrected chi connectivity index (χ2v) is 7.24. The van der Waals surface area contributed by atoms with E-state index >= 15 is 0 Å². The summed E-state index contributed by atoms with van der Waals surface area (Å²) in [6.07, 6.45) is 4.17. The fourth-order valence-electron chi connectivity index (χ4n) is 3.35. The molecule has 1 fully saturated rings. The number of hydrogen-bond acceptors (Lipinski definition) is 5. The molecule has 6 heteroatoms. The third-order valence-corrected chi connectivity index (χ3v) is 5.02. The minimum absolute atomic E-state index is 0.303. The summed E-state index contributed by atoms with van der Waals surface area (Å²) in [5, 5.41) is 6.31. The Morgan fingerprint density at radius 1 is 0.964 bits per heavy atom. The lowest BCUT2D eigenvalue weighted by Gasteiger charge is -2.32. The Kier molecular flexibility index (Phi) is 5.37. The Bertz CT molecular complexity index is 920. The number of nitrogens with one attached hydrogen (secondary N) is 2. The van der Waals surface area contributed by atoms with Gasteiger partial charge in [-0.1, -0.05) is 13.0 Å². The Labute approximate surface area is 164 Å². The van der Waals surface area contributed by atoms with Crippen molar-refractivity contribution in [3.05, 3.63) is 66.6 Å². The molecule has 4 rings (SSSR count). The number of anilines is 5. The zero-order valence-corrected chi connectivity index (χ0v) is 15.9. The lowest BCUT2D eigenvalue weighted by atomic mass is 9.99. The van der Waals surface area contributed by atoms with Crippen molar-refractivity contribution in [2.24, 2.45) is 5.92 Å². The van der Waals surface area contributed by atoms with E-state index in [2.05, 4.69) is 56.7 Å². The SMILES string of the molecule is CC1CCN(c2ccc(Nc3ccnc(Nc4cccc(F)c4)n3)cc2)CC1. The summed E-state index contributed by atoms with van der Waals surface area (Å²) in [6, 6.07) is 16.4. The van der Waals surface area contributed by atoms with E-state index in [1.807, 2.05) is 0 Å². The third kappa shape index (κ3) is 4.57. The van der Waals surface area contributed by atoms with Gasteiger partial charge < -0.3 is 15.5 Å². The number of halogens is 1. The average Bonchev–Trinajstić information content (AvgIpc) is 2.70. The molecule has 3 aromatic rings. The normalized spacial score (nSPS) is 14.7. The Morgan fingerprint density at radius 2 is 1.75 bits per heavy atom. The number of hydrogen-bond donors (Lipinski definition) is 2. The van der Waals surface area contributed by atoms with Crippen molar-refractivity contribution >= 4 is 28.8 Å². The van der Waals surface area contributed by atoms with Crippen LogP contribution in [0.2, 0.25) is 0 Å². The molecule has 2 N–H and O–H groups in total. The van der Waals surface area contributed by atoms with E-state index in [9.17, 15) is 4.39 Å². The van der Waals surface area contributed by atoms with Crippen LogP contribution in [0, 0.1) is 11.7 Å². The van der Waals surface area contributed by atoms with Gasteiger partial charge in [-0.15, -0.1) is 0 Å². The molecule has 0 amide bonds. The van der Waals surface area contributed by atoms with Crippen LogP contribution < -0.4 is 15.5 Å². The van der Waals surface area contributed by atoms with Crippen LogP contribution in [-0.4, -0.2) is 23.1 Å². The van der Waals surface area contributed by atoms with Crippen LogP contribution in [0.25, 0.3) is 0 Å². The van der Waals surface area contributed by atoms with E-state index in [0.29, 0.717) is 17.5 Å². The molecular formula is C22H24FN5. The van der Waals surface area contributed by atoms with Crippen LogP contribution in [0.4, 0.5) is 33.2 Å². The zero-order valence-electron chi connectivity index (χ0n) is 15.9. The minimum Gasteiger partial charge on any atom is -0.372 e. The molecule has 0 spiro atoms. The molecule has 0 aliphatic carbocycles. The summed E-state index contributed by atoms with van der Waals surface area (Å²) >= 11 is 0. The van der Waals surface area contributed by atoms with Gasteiger partial charge in [-0.05, 0) is 67.3 Å². The molecule has 1 saturated heterocycles. The van der Waals surface area contributed by atoms with Crippen LogP contribution >= 0.6 is 0 Å². The molecule has 0 bridgehead atoms. The average molecular weight is 377 g/mol. The maximum absolute atomic E-state index is 13.3. The largest absolute Gasteiger partial charge is 0.372 e. The van der Waals surface area contributed by atoms with Crippen LogP contribution in [0.5, 0.6) is 0 Å². The summed E-state index contributed by atoms with van der Waals surface area (Å²) in [6.45, 7) is 4.56. The number of benzene rings is 2. The van der Waals surface area contributed by atoms with Crippen LogP contribution in [0.1, 0.15) is 19.8 Å². The molecule has 0 saturated carbocycles. The molecule has 0 radical (unpaired) electrons. The first-order chi connectivity index (χ1) is 13.7. The summed E-state index contributed by atoms with van der Waals surface area (Å²) in [4.78, 5) is 11.1. The smallest absolute Gasteiger partial charge is 0.229 e. The predicted octanol–water partition coefficient (Wildman–Crippen LogP) is 5.34. The minimum atomic E-state index is -0.303. The predicted molar refractivity (Wildman–Crippen MR) is 112 cm³/mol. The molecule has 2 heterocycles. The molecule has 1 aliphatic heterocycles. The van der Waals surface area contributed by atoms with E-state index in [0.717, 1.165) is 24.7 Å². The van der Waals surface area contributed by atoms with Gasteiger partial charge in [0.05, 0.1) is 0 Å². The summed E-state index contributed by atoms with van der Waals surface area (Å²) in [5.74, 6) is 1.61. The molecule has 1 aromatic heterocycles. The molecule has 1 aliphatic rings. The Morgan fingerprint density at radius 3 is 2.50 bits per heavy atom. The van der Waals surface area contributed by atoms with Crippen molar-refractivity contribution < 1.29 is 4.39 Å². The topological polar surface area (TPSA) is 53.1 Å². The van der Waals surface area contributed by atoms with Crippen molar-refractivity contribution in [1.29, 1.82) is 0 Å². The van der Waals surface area contributed by atoms with Gasteiger partial charge in [0, 0.05) is 36.3 Å². The monoisotopic (exact) mass is 377 g/mol. The summed E-state index contributed by atoms with van der Waals surface area (Å²) < 4.78 is 13.3. The first-order valence-electron chi connectivity index (χ1n) is 9.63. The molecule has 0 atom stereocenters. The fraction of sp³-hybridized carbons (Fsp3) is 0.273. The molecule has 5 nitrogen and oxygen atoms in total.